The summed E-state index contributed by atoms with van der Waals surface area (Å²) in [5, 5.41) is 3.57. The standard InChI is InChI=1S/C11H9F5N4/c1-20-10(18-7(19-20)5-11(14,15)16)8-6(9(12)13)3-2-4-17-8/h2-4,9H,5H2,1H3. The molecule has 20 heavy (non-hydrogen) atoms. The predicted octanol–water partition coefficient (Wildman–Crippen LogP) is 2.92. The Morgan fingerprint density at radius 3 is 2.60 bits per heavy atom. The van der Waals surface area contributed by atoms with Crippen molar-refractivity contribution in [1.29, 1.82) is 0 Å². The maximum Gasteiger partial charge on any atom is 0.396 e. The molecule has 108 valence electrons. The normalized spacial score (nSPS) is 12.2. The van der Waals surface area contributed by atoms with Crippen LogP contribution in [0.2, 0.25) is 0 Å². The lowest BCUT2D eigenvalue weighted by atomic mass is 10.2. The summed E-state index contributed by atoms with van der Waals surface area (Å²) in [6, 6.07) is 2.46. The summed E-state index contributed by atoms with van der Waals surface area (Å²) < 4.78 is 63.5. The number of hydrogen-bond donors (Lipinski definition) is 0. The van der Waals surface area contributed by atoms with Crippen LogP contribution in [0.5, 0.6) is 0 Å². The van der Waals surface area contributed by atoms with Crippen LogP contribution in [0.1, 0.15) is 17.8 Å². The van der Waals surface area contributed by atoms with Crippen LogP contribution in [0.3, 0.4) is 0 Å². The van der Waals surface area contributed by atoms with Crippen molar-refractivity contribution in [2.75, 3.05) is 0 Å². The van der Waals surface area contributed by atoms with Crippen molar-refractivity contribution >= 4 is 0 Å². The summed E-state index contributed by atoms with van der Waals surface area (Å²) in [5.74, 6) is -0.610. The molecule has 2 rings (SSSR count). The van der Waals surface area contributed by atoms with Gasteiger partial charge in [0.05, 0.1) is 0 Å². The van der Waals surface area contributed by atoms with Gasteiger partial charge in [-0.05, 0) is 12.1 Å². The van der Waals surface area contributed by atoms with Crippen molar-refractivity contribution in [2.45, 2.75) is 19.0 Å². The van der Waals surface area contributed by atoms with E-state index in [9.17, 15) is 22.0 Å². The van der Waals surface area contributed by atoms with Crippen molar-refractivity contribution in [2.24, 2.45) is 7.05 Å². The molecule has 0 aliphatic heterocycles. The third kappa shape index (κ3) is 3.09. The molecule has 0 saturated carbocycles. The third-order valence-corrected chi connectivity index (χ3v) is 2.45. The van der Waals surface area contributed by atoms with E-state index < -0.39 is 30.4 Å². The zero-order chi connectivity index (χ0) is 14.9. The van der Waals surface area contributed by atoms with Gasteiger partial charge in [0.25, 0.3) is 6.43 Å². The Morgan fingerprint density at radius 1 is 1.30 bits per heavy atom. The summed E-state index contributed by atoms with van der Waals surface area (Å²) in [4.78, 5) is 7.40. The Bertz CT molecular complexity index is 605. The molecular formula is C11H9F5N4. The average molecular weight is 292 g/mol. The molecular weight excluding hydrogens is 283 g/mol. The smallest absolute Gasteiger partial charge is 0.252 e. The van der Waals surface area contributed by atoms with Gasteiger partial charge in [0.1, 0.15) is 12.1 Å². The monoisotopic (exact) mass is 292 g/mol. The van der Waals surface area contributed by atoms with Crippen LogP contribution in [0, 0.1) is 0 Å². The SMILES string of the molecule is Cn1nc(CC(F)(F)F)nc1-c1ncccc1C(F)F. The highest BCUT2D eigenvalue weighted by Crippen LogP contribution is 2.28. The zero-order valence-corrected chi connectivity index (χ0v) is 10.2. The van der Waals surface area contributed by atoms with E-state index in [1.165, 1.54) is 19.3 Å². The maximum atomic E-state index is 12.8. The van der Waals surface area contributed by atoms with Crippen LogP contribution < -0.4 is 0 Å². The first-order chi connectivity index (χ1) is 9.28. The van der Waals surface area contributed by atoms with Crippen molar-refractivity contribution in [3.05, 3.63) is 29.7 Å². The minimum atomic E-state index is -4.46. The first kappa shape index (κ1) is 14.4. The van der Waals surface area contributed by atoms with E-state index in [1.54, 1.807) is 0 Å². The number of pyridine rings is 1. The number of nitrogens with zero attached hydrogens (tertiary/aromatic N) is 4. The Balaban J connectivity index is 2.44. The molecule has 0 aliphatic rings. The highest BCUT2D eigenvalue weighted by Gasteiger charge is 2.31. The summed E-state index contributed by atoms with van der Waals surface area (Å²) in [7, 11) is 1.33. The molecule has 0 spiro atoms. The summed E-state index contributed by atoms with van der Waals surface area (Å²) in [5.41, 5.74) is -0.576. The second-order valence-electron chi connectivity index (χ2n) is 4.01. The molecule has 0 unspecified atom stereocenters. The number of aryl methyl sites for hydroxylation is 1. The van der Waals surface area contributed by atoms with Gasteiger partial charge in [0.2, 0.25) is 0 Å². The second kappa shape index (κ2) is 5.14. The molecule has 2 aromatic rings. The fraction of sp³-hybridized carbons (Fsp3) is 0.364. The molecule has 0 atom stereocenters. The van der Waals surface area contributed by atoms with Crippen molar-refractivity contribution < 1.29 is 22.0 Å². The highest BCUT2D eigenvalue weighted by molar-refractivity contribution is 5.55. The van der Waals surface area contributed by atoms with Crippen LogP contribution >= 0.6 is 0 Å². The molecule has 0 radical (unpaired) electrons. The Labute approximate surface area is 110 Å². The third-order valence-electron chi connectivity index (χ3n) is 2.45. The minimum absolute atomic E-state index is 0.125. The average Bonchev–Trinajstić information content (AvgIpc) is 2.67. The van der Waals surface area contributed by atoms with E-state index in [4.69, 9.17) is 0 Å². The van der Waals surface area contributed by atoms with E-state index in [-0.39, 0.29) is 11.5 Å². The molecule has 0 bridgehead atoms. The Morgan fingerprint density at radius 2 is 2.00 bits per heavy atom. The molecule has 2 heterocycles. The predicted molar refractivity (Wildman–Crippen MR) is 59.0 cm³/mol. The largest absolute Gasteiger partial charge is 0.396 e. The highest BCUT2D eigenvalue weighted by atomic mass is 19.4. The van der Waals surface area contributed by atoms with Crippen LogP contribution in [0.4, 0.5) is 22.0 Å². The summed E-state index contributed by atoms with van der Waals surface area (Å²) in [6.45, 7) is 0. The maximum absolute atomic E-state index is 12.8. The zero-order valence-electron chi connectivity index (χ0n) is 10.2. The van der Waals surface area contributed by atoms with Gasteiger partial charge < -0.3 is 0 Å². The van der Waals surface area contributed by atoms with Gasteiger partial charge in [-0.25, -0.2) is 18.4 Å². The molecule has 0 aromatic carbocycles. The topological polar surface area (TPSA) is 43.6 Å². The lowest BCUT2D eigenvalue weighted by molar-refractivity contribution is -0.128. The van der Waals surface area contributed by atoms with Gasteiger partial charge in [0, 0.05) is 18.8 Å². The molecule has 0 fully saturated rings. The molecule has 9 heteroatoms. The number of rotatable bonds is 3. The number of aromatic nitrogens is 4. The van der Waals surface area contributed by atoms with Gasteiger partial charge in [-0.2, -0.15) is 18.3 Å². The van der Waals surface area contributed by atoms with E-state index >= 15 is 0 Å². The Hall–Kier alpha value is -2.06. The first-order valence-corrected chi connectivity index (χ1v) is 5.48. The van der Waals surface area contributed by atoms with Gasteiger partial charge in [-0.1, -0.05) is 0 Å². The van der Waals surface area contributed by atoms with Crippen LogP contribution in [-0.2, 0) is 13.5 Å². The summed E-state index contributed by atoms with van der Waals surface area (Å²) >= 11 is 0. The van der Waals surface area contributed by atoms with Crippen LogP contribution in [-0.4, -0.2) is 25.9 Å². The fourth-order valence-electron chi connectivity index (χ4n) is 1.68. The van der Waals surface area contributed by atoms with Crippen LogP contribution in [0.15, 0.2) is 18.3 Å². The lowest BCUT2D eigenvalue weighted by Crippen LogP contribution is -2.12. The van der Waals surface area contributed by atoms with Crippen molar-refractivity contribution in [3.8, 4) is 11.5 Å². The lowest BCUT2D eigenvalue weighted by Gasteiger charge is -2.05. The van der Waals surface area contributed by atoms with E-state index in [0.717, 1.165) is 10.7 Å². The quantitative estimate of drug-likeness (QED) is 0.817. The van der Waals surface area contributed by atoms with Crippen molar-refractivity contribution in [3.63, 3.8) is 0 Å². The van der Waals surface area contributed by atoms with Gasteiger partial charge in [-0.15, -0.1) is 0 Å². The number of halogens is 5. The number of hydrogen-bond acceptors (Lipinski definition) is 3. The second-order valence-corrected chi connectivity index (χ2v) is 4.01. The molecule has 0 aliphatic carbocycles. The molecule has 0 N–H and O–H groups in total. The minimum Gasteiger partial charge on any atom is -0.252 e. The van der Waals surface area contributed by atoms with Gasteiger partial charge in [0.15, 0.2) is 11.6 Å². The molecule has 0 amide bonds. The fourth-order valence-corrected chi connectivity index (χ4v) is 1.68. The summed E-state index contributed by atoms with van der Waals surface area (Å²) in [6.07, 6.45) is -7.33. The van der Waals surface area contributed by atoms with E-state index in [2.05, 4.69) is 15.1 Å². The first-order valence-electron chi connectivity index (χ1n) is 5.48. The van der Waals surface area contributed by atoms with Gasteiger partial charge >= 0.3 is 6.18 Å². The van der Waals surface area contributed by atoms with Crippen molar-refractivity contribution in [1.82, 2.24) is 19.7 Å². The molecule has 0 saturated heterocycles. The molecule has 4 nitrogen and oxygen atoms in total. The van der Waals surface area contributed by atoms with Crippen LogP contribution in [0.25, 0.3) is 11.5 Å². The van der Waals surface area contributed by atoms with E-state index in [1.807, 2.05) is 0 Å². The number of alkyl halides is 5. The Kier molecular flexibility index (Phi) is 3.69. The molecule has 2 aromatic heterocycles. The van der Waals surface area contributed by atoms with E-state index in [0.29, 0.717) is 0 Å². The van der Waals surface area contributed by atoms with Gasteiger partial charge in [-0.3, -0.25) is 4.98 Å².